The number of carbonyl (C=O) groups excluding carboxylic acids is 1. The van der Waals surface area contributed by atoms with E-state index in [-0.39, 0.29) is 5.91 Å². The Bertz CT molecular complexity index is 495. The van der Waals surface area contributed by atoms with Gasteiger partial charge in [0.05, 0.1) is 5.56 Å². The quantitative estimate of drug-likeness (QED) is 0.611. The van der Waals surface area contributed by atoms with E-state index in [0.717, 1.165) is 22.3 Å². The van der Waals surface area contributed by atoms with Gasteiger partial charge in [0.2, 0.25) is 0 Å². The summed E-state index contributed by atoms with van der Waals surface area (Å²) in [5, 5.41) is 2.99. The van der Waals surface area contributed by atoms with Gasteiger partial charge in [0, 0.05) is 28.5 Å². The van der Waals surface area contributed by atoms with Crippen molar-refractivity contribution in [1.82, 2.24) is 10.2 Å². The Morgan fingerprint density at radius 2 is 2.29 bits per heavy atom. The zero-order valence-corrected chi connectivity index (χ0v) is 14.9. The second-order valence-corrected chi connectivity index (χ2v) is 7.03. The number of hydrogen-bond donors (Lipinski definition) is 2. The molecule has 1 aromatic carbocycles. The van der Waals surface area contributed by atoms with Crippen LogP contribution in [0.4, 0.5) is 0 Å². The predicted octanol–water partition coefficient (Wildman–Crippen LogP) is 3.73. The highest BCUT2D eigenvalue weighted by Crippen LogP contribution is 2.20. The van der Waals surface area contributed by atoms with Gasteiger partial charge in [0.15, 0.2) is 0 Å². The third-order valence-electron chi connectivity index (χ3n) is 4.04. The average Bonchev–Trinajstić information content (AvgIpc) is 2.47. The minimum Gasteiger partial charge on any atom is -0.352 e. The number of rotatable bonds is 5. The molecular formula is C16H23BrN2OS. The standard InChI is InChI=1S/C16H23BrN2OS/c1-12-5-2-3-9-19(12)10-4-8-18-16(20)14-11-13(21)6-7-15(14)17/h6-7,11-12,21H,2-5,8-10H2,1H3,(H,18,20). The summed E-state index contributed by atoms with van der Waals surface area (Å²) in [6.45, 7) is 5.27. The molecule has 1 heterocycles. The van der Waals surface area contributed by atoms with E-state index in [1.807, 2.05) is 12.1 Å². The van der Waals surface area contributed by atoms with E-state index < -0.39 is 0 Å². The van der Waals surface area contributed by atoms with E-state index in [1.165, 1.54) is 25.8 Å². The van der Waals surface area contributed by atoms with Crippen LogP contribution in [0.1, 0.15) is 43.0 Å². The van der Waals surface area contributed by atoms with Gasteiger partial charge in [0.25, 0.3) is 5.91 Å². The summed E-state index contributed by atoms with van der Waals surface area (Å²) in [7, 11) is 0. The van der Waals surface area contributed by atoms with E-state index in [9.17, 15) is 4.79 Å². The number of thiol groups is 1. The third kappa shape index (κ3) is 5.01. The van der Waals surface area contributed by atoms with Gasteiger partial charge in [-0.05, 0) is 66.9 Å². The molecule has 1 atom stereocenters. The van der Waals surface area contributed by atoms with E-state index in [0.29, 0.717) is 18.2 Å². The highest BCUT2D eigenvalue weighted by Gasteiger charge is 2.17. The van der Waals surface area contributed by atoms with Crippen molar-refractivity contribution < 1.29 is 4.79 Å². The zero-order valence-electron chi connectivity index (χ0n) is 12.4. The summed E-state index contributed by atoms with van der Waals surface area (Å²) in [6.07, 6.45) is 4.95. The van der Waals surface area contributed by atoms with E-state index >= 15 is 0 Å². The first-order valence-electron chi connectivity index (χ1n) is 7.58. The van der Waals surface area contributed by atoms with Crippen molar-refractivity contribution in [2.45, 2.75) is 43.5 Å². The SMILES string of the molecule is CC1CCCCN1CCCNC(=O)c1cc(S)ccc1Br. The van der Waals surface area contributed by atoms with Gasteiger partial charge < -0.3 is 10.2 Å². The summed E-state index contributed by atoms with van der Waals surface area (Å²) < 4.78 is 0.808. The fraction of sp³-hybridized carbons (Fsp3) is 0.562. The maximum absolute atomic E-state index is 12.1. The average molecular weight is 371 g/mol. The molecule has 0 bridgehead atoms. The molecule has 1 aliphatic rings. The molecule has 1 saturated heterocycles. The second kappa shape index (κ2) is 8.20. The highest BCUT2D eigenvalue weighted by atomic mass is 79.9. The van der Waals surface area contributed by atoms with Gasteiger partial charge in [-0.25, -0.2) is 0 Å². The maximum atomic E-state index is 12.1. The van der Waals surface area contributed by atoms with Gasteiger partial charge in [-0.1, -0.05) is 6.42 Å². The second-order valence-electron chi connectivity index (χ2n) is 5.65. The lowest BCUT2D eigenvalue weighted by molar-refractivity contribution is 0.0948. The number of benzene rings is 1. The van der Waals surface area contributed by atoms with E-state index in [1.54, 1.807) is 6.07 Å². The molecule has 21 heavy (non-hydrogen) atoms. The van der Waals surface area contributed by atoms with Crippen LogP contribution in [-0.2, 0) is 0 Å². The first kappa shape index (κ1) is 16.8. The lowest BCUT2D eigenvalue weighted by Crippen LogP contribution is -2.39. The summed E-state index contributed by atoms with van der Waals surface area (Å²) in [5.74, 6) is -0.0375. The number of likely N-dealkylation sites (tertiary alicyclic amines) is 1. The van der Waals surface area contributed by atoms with Crippen molar-refractivity contribution in [2.24, 2.45) is 0 Å². The molecule has 3 nitrogen and oxygen atoms in total. The number of halogens is 1. The van der Waals surface area contributed by atoms with Crippen LogP contribution in [0.2, 0.25) is 0 Å². The van der Waals surface area contributed by atoms with Crippen molar-refractivity contribution in [3.8, 4) is 0 Å². The Labute approximate surface area is 141 Å². The Hall–Kier alpha value is -0.520. The van der Waals surface area contributed by atoms with Crippen molar-refractivity contribution in [3.05, 3.63) is 28.2 Å². The number of carbonyl (C=O) groups is 1. The molecule has 1 N–H and O–H groups in total. The topological polar surface area (TPSA) is 32.3 Å². The highest BCUT2D eigenvalue weighted by molar-refractivity contribution is 9.10. The van der Waals surface area contributed by atoms with Crippen LogP contribution >= 0.6 is 28.6 Å². The van der Waals surface area contributed by atoms with Gasteiger partial charge in [-0.3, -0.25) is 4.79 Å². The van der Waals surface area contributed by atoms with Crippen molar-refractivity contribution in [1.29, 1.82) is 0 Å². The van der Waals surface area contributed by atoms with E-state index in [2.05, 4.69) is 45.7 Å². The fourth-order valence-corrected chi connectivity index (χ4v) is 3.39. The number of piperidine rings is 1. The minimum absolute atomic E-state index is 0.0375. The normalized spacial score (nSPS) is 19.5. The Morgan fingerprint density at radius 3 is 3.05 bits per heavy atom. The van der Waals surface area contributed by atoms with E-state index in [4.69, 9.17) is 0 Å². The number of hydrogen-bond acceptors (Lipinski definition) is 3. The molecule has 1 aliphatic heterocycles. The summed E-state index contributed by atoms with van der Waals surface area (Å²) in [6, 6.07) is 6.19. The monoisotopic (exact) mass is 370 g/mol. The van der Waals surface area contributed by atoms with Crippen LogP contribution in [0.3, 0.4) is 0 Å². The number of nitrogens with zero attached hydrogens (tertiary/aromatic N) is 1. The molecule has 0 spiro atoms. The first-order valence-corrected chi connectivity index (χ1v) is 8.82. The van der Waals surface area contributed by atoms with Gasteiger partial charge >= 0.3 is 0 Å². The molecular weight excluding hydrogens is 348 g/mol. The van der Waals surface area contributed by atoms with Crippen LogP contribution in [0.15, 0.2) is 27.6 Å². The fourth-order valence-electron chi connectivity index (χ4n) is 2.76. The first-order chi connectivity index (χ1) is 10.1. The molecule has 1 aromatic rings. The lowest BCUT2D eigenvalue weighted by atomic mass is 10.0. The molecule has 1 unspecified atom stereocenters. The largest absolute Gasteiger partial charge is 0.352 e. The van der Waals surface area contributed by atoms with Crippen LogP contribution < -0.4 is 5.32 Å². The molecule has 5 heteroatoms. The number of amides is 1. The van der Waals surface area contributed by atoms with Gasteiger partial charge in [0.1, 0.15) is 0 Å². The molecule has 2 rings (SSSR count). The van der Waals surface area contributed by atoms with Crippen molar-refractivity contribution in [3.63, 3.8) is 0 Å². The van der Waals surface area contributed by atoms with Crippen molar-refractivity contribution >= 4 is 34.5 Å². The summed E-state index contributed by atoms with van der Waals surface area (Å²) in [4.78, 5) is 15.5. The summed E-state index contributed by atoms with van der Waals surface area (Å²) in [5.41, 5.74) is 0.647. The molecule has 1 fully saturated rings. The third-order valence-corrected chi connectivity index (χ3v) is 5.01. The van der Waals surface area contributed by atoms with Gasteiger partial charge in [-0.2, -0.15) is 0 Å². The van der Waals surface area contributed by atoms with Crippen LogP contribution in [0.25, 0.3) is 0 Å². The molecule has 0 saturated carbocycles. The maximum Gasteiger partial charge on any atom is 0.252 e. The molecule has 0 radical (unpaired) electrons. The van der Waals surface area contributed by atoms with Crippen LogP contribution in [0.5, 0.6) is 0 Å². The van der Waals surface area contributed by atoms with Gasteiger partial charge in [-0.15, -0.1) is 12.6 Å². The lowest BCUT2D eigenvalue weighted by Gasteiger charge is -2.33. The molecule has 0 aliphatic carbocycles. The van der Waals surface area contributed by atoms with Crippen molar-refractivity contribution in [2.75, 3.05) is 19.6 Å². The molecule has 0 aromatic heterocycles. The molecule has 1 amide bonds. The minimum atomic E-state index is -0.0375. The number of nitrogens with one attached hydrogen (secondary N) is 1. The Kier molecular flexibility index (Phi) is 6.58. The Morgan fingerprint density at radius 1 is 1.48 bits per heavy atom. The Balaban J connectivity index is 1.75. The smallest absolute Gasteiger partial charge is 0.252 e. The predicted molar refractivity (Wildman–Crippen MR) is 93.2 cm³/mol. The van der Waals surface area contributed by atoms with Crippen LogP contribution in [0, 0.1) is 0 Å². The van der Waals surface area contributed by atoms with Crippen LogP contribution in [-0.4, -0.2) is 36.5 Å². The molecule has 116 valence electrons. The summed E-state index contributed by atoms with van der Waals surface area (Å²) >= 11 is 7.68. The zero-order chi connectivity index (χ0) is 15.2.